The number of benzene rings is 1. The smallest absolute Gasteiger partial charge is 0.251 e. The summed E-state index contributed by atoms with van der Waals surface area (Å²) in [6.07, 6.45) is 8.67. The van der Waals surface area contributed by atoms with E-state index >= 15 is 0 Å². The maximum absolute atomic E-state index is 12.9. The minimum Gasteiger partial charge on any atom is -0.366 e. The van der Waals surface area contributed by atoms with Crippen LogP contribution < -0.4 is 5.32 Å². The Hall–Kier alpha value is -2.21. The van der Waals surface area contributed by atoms with Gasteiger partial charge in [-0.2, -0.15) is 0 Å². The normalized spacial score (nSPS) is 31.4. The van der Waals surface area contributed by atoms with Gasteiger partial charge in [-0.3, -0.25) is 4.79 Å². The molecule has 1 aromatic carbocycles. The number of hydrogen-bond acceptors (Lipinski definition) is 4. The van der Waals surface area contributed by atoms with E-state index in [2.05, 4.69) is 22.6 Å². The summed E-state index contributed by atoms with van der Waals surface area (Å²) in [7, 11) is 0. The van der Waals surface area contributed by atoms with Crippen LogP contribution in [0.5, 0.6) is 0 Å². The first-order chi connectivity index (χ1) is 12.0. The summed E-state index contributed by atoms with van der Waals surface area (Å²) in [6, 6.07) is 7.74. The van der Waals surface area contributed by atoms with E-state index in [4.69, 9.17) is 4.74 Å². The summed E-state index contributed by atoms with van der Waals surface area (Å²) < 4.78 is 8.10. The van der Waals surface area contributed by atoms with E-state index in [1.807, 2.05) is 30.5 Å². The standard InChI is InChI=1S/C19H22N4O2/c1-17-12-18(13-17,19(25-17)6-3-7-19)21-16(24)15-5-2-4-14(10-15)11-23-9-8-20-22-23/h2,4-5,8-10H,3,6-7,11-13H2,1H3,(H,21,24). The molecule has 1 spiro atoms. The van der Waals surface area contributed by atoms with E-state index in [1.165, 1.54) is 6.42 Å². The highest BCUT2D eigenvalue weighted by molar-refractivity contribution is 5.95. The van der Waals surface area contributed by atoms with Crippen molar-refractivity contribution < 1.29 is 9.53 Å². The Morgan fingerprint density at radius 1 is 1.36 bits per heavy atom. The molecule has 1 aromatic heterocycles. The molecule has 2 aliphatic heterocycles. The third kappa shape index (κ3) is 2.16. The van der Waals surface area contributed by atoms with Gasteiger partial charge in [0.2, 0.25) is 0 Å². The van der Waals surface area contributed by atoms with Crippen LogP contribution in [0.15, 0.2) is 36.7 Å². The molecule has 6 nitrogen and oxygen atoms in total. The Morgan fingerprint density at radius 3 is 2.88 bits per heavy atom. The number of ether oxygens (including phenoxy) is 1. The molecular formula is C19H22N4O2. The lowest BCUT2D eigenvalue weighted by molar-refractivity contribution is -0.102. The molecule has 0 atom stereocenters. The fourth-order valence-electron chi connectivity index (χ4n) is 5.07. The first kappa shape index (κ1) is 15.1. The van der Waals surface area contributed by atoms with Crippen LogP contribution in [-0.4, -0.2) is 37.6 Å². The molecule has 2 saturated heterocycles. The van der Waals surface area contributed by atoms with Gasteiger partial charge < -0.3 is 10.1 Å². The van der Waals surface area contributed by atoms with Crippen LogP contribution >= 0.6 is 0 Å². The monoisotopic (exact) mass is 338 g/mol. The SMILES string of the molecule is CC12CC(NC(=O)c3cccc(Cn4ccnn4)c3)(C1)C1(CCC1)O2. The molecule has 2 aromatic rings. The molecule has 6 rings (SSSR count). The number of amides is 1. The summed E-state index contributed by atoms with van der Waals surface area (Å²) in [5.74, 6) is -0.000680. The van der Waals surface area contributed by atoms with Crippen molar-refractivity contribution >= 4 is 5.91 Å². The third-order valence-electron chi connectivity index (χ3n) is 6.19. The maximum atomic E-state index is 12.9. The topological polar surface area (TPSA) is 69.0 Å². The van der Waals surface area contributed by atoms with Crippen LogP contribution in [0.1, 0.15) is 54.9 Å². The first-order valence-electron chi connectivity index (χ1n) is 8.97. The Labute approximate surface area is 146 Å². The molecule has 2 bridgehead atoms. The highest BCUT2D eigenvalue weighted by atomic mass is 16.5. The first-order valence-corrected chi connectivity index (χ1v) is 8.97. The van der Waals surface area contributed by atoms with Crippen LogP contribution in [-0.2, 0) is 11.3 Å². The van der Waals surface area contributed by atoms with Crippen molar-refractivity contribution in [1.82, 2.24) is 20.3 Å². The minimum atomic E-state index is -0.168. The number of nitrogens with zero attached hydrogens (tertiary/aromatic N) is 3. The molecule has 2 aliphatic carbocycles. The van der Waals surface area contributed by atoms with Crippen molar-refractivity contribution in [1.29, 1.82) is 0 Å². The minimum absolute atomic E-state index is 0.000680. The van der Waals surface area contributed by atoms with Crippen molar-refractivity contribution in [3.8, 4) is 0 Å². The van der Waals surface area contributed by atoms with E-state index in [9.17, 15) is 4.79 Å². The van der Waals surface area contributed by atoms with Crippen LogP contribution in [0, 0.1) is 0 Å². The fourth-order valence-corrected chi connectivity index (χ4v) is 5.07. The summed E-state index contributed by atoms with van der Waals surface area (Å²) in [4.78, 5) is 12.9. The van der Waals surface area contributed by atoms with E-state index in [0.717, 1.165) is 31.2 Å². The molecule has 4 aliphatic rings. The zero-order chi connectivity index (χ0) is 17.1. The van der Waals surface area contributed by atoms with Gasteiger partial charge in [0.15, 0.2) is 0 Å². The zero-order valence-electron chi connectivity index (χ0n) is 14.4. The van der Waals surface area contributed by atoms with Crippen molar-refractivity contribution in [2.24, 2.45) is 0 Å². The van der Waals surface area contributed by atoms with Crippen molar-refractivity contribution in [2.75, 3.05) is 0 Å². The number of rotatable bonds is 4. The third-order valence-corrected chi connectivity index (χ3v) is 6.19. The second-order valence-electron chi connectivity index (χ2n) is 8.09. The largest absolute Gasteiger partial charge is 0.366 e. The van der Waals surface area contributed by atoms with Gasteiger partial charge in [-0.05, 0) is 43.9 Å². The quantitative estimate of drug-likeness (QED) is 0.929. The molecular weight excluding hydrogens is 316 g/mol. The lowest BCUT2D eigenvalue weighted by Gasteiger charge is -2.51. The lowest BCUT2D eigenvalue weighted by atomic mass is 9.57. The molecule has 3 heterocycles. The van der Waals surface area contributed by atoms with Gasteiger partial charge in [-0.15, -0.1) is 5.10 Å². The van der Waals surface area contributed by atoms with Gasteiger partial charge in [-0.25, -0.2) is 4.68 Å². The molecule has 4 fully saturated rings. The van der Waals surface area contributed by atoms with Crippen molar-refractivity contribution in [3.05, 3.63) is 47.8 Å². The van der Waals surface area contributed by atoms with Gasteiger partial charge in [0.05, 0.1) is 29.5 Å². The van der Waals surface area contributed by atoms with E-state index in [-0.39, 0.29) is 22.6 Å². The fraction of sp³-hybridized carbons (Fsp3) is 0.526. The Balaban J connectivity index is 1.35. The number of aromatic nitrogens is 3. The molecule has 130 valence electrons. The summed E-state index contributed by atoms with van der Waals surface area (Å²) in [5, 5.41) is 11.1. The molecule has 1 amide bonds. The predicted octanol–water partition coefficient (Wildman–Crippen LogP) is 2.30. The van der Waals surface area contributed by atoms with Crippen LogP contribution in [0.4, 0.5) is 0 Å². The highest BCUT2D eigenvalue weighted by Gasteiger charge is 2.75. The predicted molar refractivity (Wildman–Crippen MR) is 91.1 cm³/mol. The van der Waals surface area contributed by atoms with Crippen LogP contribution in [0.25, 0.3) is 0 Å². The summed E-state index contributed by atoms with van der Waals surface area (Å²) >= 11 is 0. The molecule has 6 heteroatoms. The second kappa shape index (κ2) is 4.91. The Kier molecular flexibility index (Phi) is 2.96. The number of carbonyl (C=O) groups is 1. The van der Waals surface area contributed by atoms with Gasteiger partial charge in [-0.1, -0.05) is 17.3 Å². The molecule has 0 radical (unpaired) electrons. The zero-order valence-corrected chi connectivity index (χ0v) is 14.4. The molecule has 1 N–H and O–H groups in total. The average molecular weight is 338 g/mol. The molecule has 2 saturated carbocycles. The van der Waals surface area contributed by atoms with Crippen molar-refractivity contribution in [3.63, 3.8) is 0 Å². The number of carbonyl (C=O) groups excluding carboxylic acids is 1. The summed E-state index contributed by atoms with van der Waals surface area (Å²) in [5.41, 5.74) is 1.41. The second-order valence-corrected chi connectivity index (χ2v) is 8.09. The Bertz CT molecular complexity index is 820. The van der Waals surface area contributed by atoms with Crippen molar-refractivity contribution in [2.45, 2.75) is 62.3 Å². The summed E-state index contributed by atoms with van der Waals surface area (Å²) in [6.45, 7) is 2.78. The van der Waals surface area contributed by atoms with Gasteiger partial charge in [0, 0.05) is 24.6 Å². The van der Waals surface area contributed by atoms with Crippen LogP contribution in [0.2, 0.25) is 0 Å². The van der Waals surface area contributed by atoms with Gasteiger partial charge in [0.25, 0.3) is 5.91 Å². The van der Waals surface area contributed by atoms with Gasteiger partial charge in [0.1, 0.15) is 0 Å². The van der Waals surface area contributed by atoms with Crippen LogP contribution in [0.3, 0.4) is 0 Å². The lowest BCUT2D eigenvalue weighted by Crippen LogP contribution is -2.67. The van der Waals surface area contributed by atoms with Gasteiger partial charge >= 0.3 is 0 Å². The molecule has 25 heavy (non-hydrogen) atoms. The van der Waals surface area contributed by atoms with E-state index < -0.39 is 0 Å². The average Bonchev–Trinajstić information content (AvgIpc) is 3.17. The van der Waals surface area contributed by atoms with E-state index in [1.54, 1.807) is 10.9 Å². The highest BCUT2D eigenvalue weighted by Crippen LogP contribution is 2.66. The molecule has 0 unspecified atom stereocenters. The Morgan fingerprint density at radius 2 is 2.20 bits per heavy atom. The van der Waals surface area contributed by atoms with E-state index in [0.29, 0.717) is 12.1 Å². The maximum Gasteiger partial charge on any atom is 0.251 e. The number of nitrogens with one attached hydrogen (secondary N) is 1. The number of hydrogen-bond donors (Lipinski definition) is 1.